The van der Waals surface area contributed by atoms with Crippen LogP contribution in [0.25, 0.3) is 11.0 Å². The molecular weight excluding hydrogens is 541 g/mol. The minimum Gasteiger partial charge on any atom is -0.465 e. The first-order valence-electron chi connectivity index (χ1n) is 13.4. The Labute approximate surface area is 241 Å². The molecule has 0 saturated carbocycles. The quantitative estimate of drug-likeness (QED) is 0.169. The second-order valence-corrected chi connectivity index (χ2v) is 9.94. The van der Waals surface area contributed by atoms with E-state index in [-0.39, 0.29) is 18.1 Å². The minimum atomic E-state index is -0.509. The normalized spacial score (nSPS) is 14.8. The van der Waals surface area contributed by atoms with Gasteiger partial charge in [-0.2, -0.15) is 5.26 Å². The third-order valence-corrected chi connectivity index (χ3v) is 7.27. The lowest BCUT2D eigenvalue weighted by atomic mass is 9.93. The van der Waals surface area contributed by atoms with Crippen LogP contribution in [0.4, 0.5) is 4.39 Å². The number of aromatic nitrogens is 3. The number of esters is 1. The molecule has 4 aromatic rings. The molecule has 3 heterocycles. The second-order valence-electron chi connectivity index (χ2n) is 9.94. The van der Waals surface area contributed by atoms with Gasteiger partial charge in [0.15, 0.2) is 6.39 Å². The summed E-state index contributed by atoms with van der Waals surface area (Å²) < 4.78 is 26.4. The zero-order chi connectivity index (χ0) is 29.5. The highest BCUT2D eigenvalue weighted by molar-refractivity contribution is 5.93. The number of ether oxygens (including phenoxy) is 1. The molecule has 0 amide bonds. The molecule has 1 fully saturated rings. The van der Waals surface area contributed by atoms with Crippen LogP contribution >= 0.6 is 0 Å². The van der Waals surface area contributed by atoms with Crippen LogP contribution in [0.2, 0.25) is 0 Å². The molecule has 2 N–H and O–H groups in total. The first-order valence-corrected chi connectivity index (χ1v) is 13.4. The van der Waals surface area contributed by atoms with Gasteiger partial charge in [-0.05, 0) is 62.3 Å². The molecule has 0 atom stereocenters. The van der Waals surface area contributed by atoms with Crippen LogP contribution in [0, 0.1) is 23.1 Å². The van der Waals surface area contributed by atoms with E-state index in [4.69, 9.17) is 30.0 Å². The maximum atomic E-state index is 14.0. The molecule has 1 aliphatic rings. The standard InChI is InChI=1S/C30H30FN7O4/c1-40-30(39)22-4-5-27-28(13-22)38(16-24-15-34-19-41-24)29(36-27)17-37-10-7-21(8-11-37)26(33)6-9-35-42-18-23-3-2-20(14-32)12-25(23)31/h2-6,9,12-13,15,19,21H,7-8,10-11,16-18,33H2,1H3/b26-6-,35-9+. The molecule has 5 rings (SSSR count). The molecule has 2 aromatic carbocycles. The number of nitrogens with two attached hydrogens (primary N) is 1. The van der Waals surface area contributed by atoms with E-state index in [1.54, 1.807) is 24.4 Å². The first kappa shape index (κ1) is 28.5. The highest BCUT2D eigenvalue weighted by Gasteiger charge is 2.23. The summed E-state index contributed by atoms with van der Waals surface area (Å²) in [6.45, 7) is 2.65. The van der Waals surface area contributed by atoms with Gasteiger partial charge < -0.3 is 24.3 Å². The van der Waals surface area contributed by atoms with Crippen LogP contribution in [-0.2, 0) is 29.3 Å². The van der Waals surface area contributed by atoms with Crippen LogP contribution < -0.4 is 5.73 Å². The number of methoxy groups -OCH3 is 1. The summed E-state index contributed by atoms with van der Waals surface area (Å²) in [5.41, 5.74) is 9.65. The number of nitrogens with zero attached hydrogens (tertiary/aromatic N) is 6. The van der Waals surface area contributed by atoms with Gasteiger partial charge in [0.2, 0.25) is 0 Å². The molecule has 0 spiro atoms. The van der Waals surface area contributed by atoms with Crippen molar-refractivity contribution in [3.63, 3.8) is 0 Å². The Balaban J connectivity index is 1.19. The molecule has 216 valence electrons. The molecule has 0 bridgehead atoms. The third kappa shape index (κ3) is 6.64. The highest BCUT2D eigenvalue weighted by atomic mass is 19.1. The minimum absolute atomic E-state index is 0.0502. The molecule has 11 nitrogen and oxygen atoms in total. The monoisotopic (exact) mass is 571 g/mol. The largest absolute Gasteiger partial charge is 0.465 e. The first-order chi connectivity index (χ1) is 20.4. The van der Waals surface area contributed by atoms with Gasteiger partial charge in [0.25, 0.3) is 0 Å². The fraction of sp³-hybridized carbons (Fsp3) is 0.300. The maximum absolute atomic E-state index is 14.0. The Morgan fingerprint density at radius 1 is 1.26 bits per heavy atom. The molecule has 0 radical (unpaired) electrons. The van der Waals surface area contributed by atoms with Crippen molar-refractivity contribution in [1.29, 1.82) is 5.26 Å². The van der Waals surface area contributed by atoms with Crippen molar-refractivity contribution in [3.05, 3.63) is 94.9 Å². The summed E-state index contributed by atoms with van der Waals surface area (Å²) in [6.07, 6.45) is 7.97. The van der Waals surface area contributed by atoms with Crippen LogP contribution in [0.15, 0.2) is 70.3 Å². The van der Waals surface area contributed by atoms with Gasteiger partial charge in [0.05, 0.1) is 60.8 Å². The zero-order valence-corrected chi connectivity index (χ0v) is 23.1. The van der Waals surface area contributed by atoms with Gasteiger partial charge in [-0.3, -0.25) is 4.90 Å². The number of hydrogen-bond donors (Lipinski definition) is 1. The van der Waals surface area contributed by atoms with Crippen molar-refractivity contribution in [2.45, 2.75) is 32.5 Å². The number of carbonyl (C=O) groups excluding carboxylic acids is 1. The maximum Gasteiger partial charge on any atom is 0.337 e. The number of halogens is 1. The SMILES string of the molecule is COC(=O)c1ccc2nc(CN3CCC(/C(N)=C/C=N/OCc4ccc(C#N)cc4F)CC3)n(Cc3cnco3)c2c1. The van der Waals surface area contributed by atoms with Gasteiger partial charge in [-0.15, -0.1) is 0 Å². The van der Waals surface area contributed by atoms with E-state index < -0.39 is 11.8 Å². The lowest BCUT2D eigenvalue weighted by Crippen LogP contribution is -2.35. The Bertz CT molecular complexity index is 1650. The van der Waals surface area contributed by atoms with Crippen LogP contribution in [-0.4, -0.2) is 51.8 Å². The lowest BCUT2D eigenvalue weighted by molar-refractivity contribution is 0.0601. The van der Waals surface area contributed by atoms with E-state index in [0.717, 1.165) is 42.8 Å². The van der Waals surface area contributed by atoms with E-state index >= 15 is 0 Å². The summed E-state index contributed by atoms with van der Waals surface area (Å²) in [4.78, 5) is 28.5. The molecular formula is C30H30FN7O4. The summed E-state index contributed by atoms with van der Waals surface area (Å²) in [7, 11) is 1.36. The van der Waals surface area contributed by atoms with Gasteiger partial charge in [0, 0.05) is 17.2 Å². The van der Waals surface area contributed by atoms with Gasteiger partial charge in [0.1, 0.15) is 24.0 Å². The fourth-order valence-electron chi connectivity index (χ4n) is 4.95. The van der Waals surface area contributed by atoms with Crippen molar-refractivity contribution in [1.82, 2.24) is 19.4 Å². The van der Waals surface area contributed by atoms with Crippen molar-refractivity contribution in [2.75, 3.05) is 20.2 Å². The van der Waals surface area contributed by atoms with Gasteiger partial charge in [-0.25, -0.2) is 19.2 Å². The number of oxazole rings is 1. The lowest BCUT2D eigenvalue weighted by Gasteiger charge is -2.31. The van der Waals surface area contributed by atoms with Crippen LogP contribution in [0.1, 0.15) is 45.9 Å². The van der Waals surface area contributed by atoms with Crippen molar-refractivity contribution < 1.29 is 23.2 Å². The van der Waals surface area contributed by atoms with Crippen LogP contribution in [0.5, 0.6) is 0 Å². The van der Waals surface area contributed by atoms with Gasteiger partial charge in [-0.1, -0.05) is 11.2 Å². The predicted octanol–water partition coefficient (Wildman–Crippen LogP) is 4.13. The average Bonchev–Trinajstić information content (AvgIpc) is 3.65. The number of fused-ring (bicyclic) bond motifs is 1. The van der Waals surface area contributed by atoms with Crippen molar-refractivity contribution in [3.8, 4) is 6.07 Å². The number of imidazole rings is 1. The summed E-state index contributed by atoms with van der Waals surface area (Å²) in [5, 5.41) is 12.7. The number of oxime groups is 1. The number of nitriles is 1. The fourth-order valence-corrected chi connectivity index (χ4v) is 4.95. The highest BCUT2D eigenvalue weighted by Crippen LogP contribution is 2.25. The number of hydrogen-bond acceptors (Lipinski definition) is 10. The van der Waals surface area contributed by atoms with Crippen LogP contribution in [0.3, 0.4) is 0 Å². The molecule has 42 heavy (non-hydrogen) atoms. The molecule has 0 aliphatic carbocycles. The molecule has 12 heteroatoms. The Kier molecular flexibility index (Phi) is 8.89. The number of benzene rings is 2. The smallest absolute Gasteiger partial charge is 0.337 e. The third-order valence-electron chi connectivity index (χ3n) is 7.27. The van der Waals surface area contributed by atoms with Crippen molar-refractivity contribution >= 4 is 23.2 Å². The summed E-state index contributed by atoms with van der Waals surface area (Å²) >= 11 is 0. The van der Waals surface area contributed by atoms with E-state index in [9.17, 15) is 9.18 Å². The summed E-state index contributed by atoms with van der Waals surface area (Å²) in [5.74, 6) is 0.817. The number of allylic oxidation sites excluding steroid dienone is 2. The number of piperidine rings is 1. The molecule has 2 aromatic heterocycles. The van der Waals surface area contributed by atoms with E-state index in [0.29, 0.717) is 35.7 Å². The Morgan fingerprint density at radius 3 is 2.81 bits per heavy atom. The average molecular weight is 572 g/mol. The molecule has 1 aliphatic heterocycles. The van der Waals surface area contributed by atoms with Crippen molar-refractivity contribution in [2.24, 2.45) is 16.8 Å². The second kappa shape index (κ2) is 13.1. The van der Waals surface area contributed by atoms with E-state index in [2.05, 4.69) is 15.0 Å². The Hall–Kier alpha value is -5.02. The van der Waals surface area contributed by atoms with E-state index in [1.807, 2.05) is 16.7 Å². The predicted molar refractivity (Wildman–Crippen MR) is 151 cm³/mol. The number of likely N-dealkylation sites (tertiary alicyclic amines) is 1. The van der Waals surface area contributed by atoms with Gasteiger partial charge >= 0.3 is 5.97 Å². The van der Waals surface area contributed by atoms with E-state index in [1.165, 1.54) is 37.9 Å². The number of rotatable bonds is 10. The number of carbonyl (C=O) groups is 1. The zero-order valence-electron chi connectivity index (χ0n) is 23.1. The molecule has 0 unspecified atom stereocenters. The summed E-state index contributed by atoms with van der Waals surface area (Å²) in [6, 6.07) is 11.4. The Morgan fingerprint density at radius 2 is 2.10 bits per heavy atom. The topological polar surface area (TPSA) is 145 Å². The molecule has 1 saturated heterocycles.